The van der Waals surface area contributed by atoms with E-state index in [1.54, 1.807) is 6.92 Å². The number of alkyl halides is 3. The van der Waals surface area contributed by atoms with Crippen LogP contribution in [0.4, 0.5) is 18.9 Å². The van der Waals surface area contributed by atoms with Crippen molar-refractivity contribution in [2.24, 2.45) is 0 Å². The van der Waals surface area contributed by atoms with Crippen molar-refractivity contribution in [1.29, 1.82) is 0 Å². The monoisotopic (exact) mass is 402 g/mol. The summed E-state index contributed by atoms with van der Waals surface area (Å²) in [4.78, 5) is 37.3. The van der Waals surface area contributed by atoms with Crippen molar-refractivity contribution in [3.8, 4) is 0 Å². The number of thioether (sulfide) groups is 1. The second-order valence-corrected chi connectivity index (χ2v) is 6.52. The first-order valence-electron chi connectivity index (χ1n) is 7.95. The van der Waals surface area contributed by atoms with E-state index in [2.05, 4.69) is 5.32 Å². The molecule has 1 N–H and O–H groups in total. The van der Waals surface area contributed by atoms with Crippen LogP contribution in [0.2, 0.25) is 0 Å². The topological polar surface area (TPSA) is 75.7 Å². The molecular formula is C17H17F3N2O4S. The molecule has 0 aromatic heterocycles. The molecule has 27 heavy (non-hydrogen) atoms. The maximum atomic E-state index is 12.6. The largest absolute Gasteiger partial charge is 0.463 e. The highest BCUT2D eigenvalue weighted by atomic mass is 32.2. The Labute approximate surface area is 157 Å². The molecule has 1 aromatic carbocycles. The summed E-state index contributed by atoms with van der Waals surface area (Å²) in [6.07, 6.45) is -3.33. The minimum Gasteiger partial charge on any atom is -0.463 e. The van der Waals surface area contributed by atoms with E-state index in [0.717, 1.165) is 42.1 Å². The van der Waals surface area contributed by atoms with Crippen molar-refractivity contribution in [2.75, 3.05) is 17.7 Å². The lowest BCUT2D eigenvalue weighted by molar-refractivity contribution is -0.138. The summed E-state index contributed by atoms with van der Waals surface area (Å²) >= 11 is 1.10. The van der Waals surface area contributed by atoms with Crippen LogP contribution in [-0.4, -0.2) is 41.1 Å². The molecule has 6 nitrogen and oxygen atoms in total. The summed E-state index contributed by atoms with van der Waals surface area (Å²) in [7, 11) is 0. The lowest BCUT2D eigenvalue weighted by Crippen LogP contribution is -2.42. The Morgan fingerprint density at radius 2 is 1.96 bits per heavy atom. The molecule has 0 radical (unpaired) electrons. The maximum Gasteiger partial charge on any atom is 0.416 e. The van der Waals surface area contributed by atoms with Gasteiger partial charge in [-0.2, -0.15) is 13.2 Å². The van der Waals surface area contributed by atoms with E-state index in [1.165, 1.54) is 11.8 Å². The van der Waals surface area contributed by atoms with Gasteiger partial charge in [-0.25, -0.2) is 4.79 Å². The summed E-state index contributed by atoms with van der Waals surface area (Å²) in [6, 6.07) is 2.99. The number of hydrogen-bond donors (Lipinski definition) is 1. The van der Waals surface area contributed by atoms with Crippen molar-refractivity contribution in [1.82, 2.24) is 4.90 Å². The summed E-state index contributed by atoms with van der Waals surface area (Å²) < 4.78 is 42.5. The van der Waals surface area contributed by atoms with E-state index in [4.69, 9.17) is 4.74 Å². The van der Waals surface area contributed by atoms with E-state index >= 15 is 0 Å². The number of halogens is 3. The van der Waals surface area contributed by atoms with Gasteiger partial charge in [-0.3, -0.25) is 14.5 Å². The van der Waals surface area contributed by atoms with E-state index in [1.807, 2.05) is 0 Å². The highest BCUT2D eigenvalue weighted by Crippen LogP contribution is 2.32. The Hall–Kier alpha value is -2.49. The molecule has 1 saturated heterocycles. The molecule has 1 aliphatic rings. The predicted octanol–water partition coefficient (Wildman–Crippen LogP) is 3.01. The quantitative estimate of drug-likeness (QED) is 0.605. The Morgan fingerprint density at radius 3 is 2.52 bits per heavy atom. The Balaban J connectivity index is 2.11. The van der Waals surface area contributed by atoms with E-state index in [0.29, 0.717) is 0 Å². The lowest BCUT2D eigenvalue weighted by Gasteiger charge is -2.24. The van der Waals surface area contributed by atoms with Gasteiger partial charge in [0.1, 0.15) is 6.04 Å². The van der Waals surface area contributed by atoms with Crippen molar-refractivity contribution in [3.05, 3.63) is 40.9 Å². The molecule has 1 fully saturated rings. The molecule has 2 amide bonds. The van der Waals surface area contributed by atoms with Gasteiger partial charge in [-0.1, -0.05) is 11.8 Å². The van der Waals surface area contributed by atoms with Crippen LogP contribution in [0.5, 0.6) is 0 Å². The molecule has 146 valence electrons. The summed E-state index contributed by atoms with van der Waals surface area (Å²) in [5.74, 6) is -1.51. The molecule has 1 aromatic rings. The minimum absolute atomic E-state index is 0.0726. The number of benzene rings is 1. The highest BCUT2D eigenvalue weighted by Gasteiger charge is 2.35. The number of hydrogen-bond acceptors (Lipinski definition) is 5. The second kappa shape index (κ2) is 8.47. The third kappa shape index (κ3) is 5.25. The minimum atomic E-state index is -4.47. The first-order valence-corrected chi connectivity index (χ1v) is 8.93. The van der Waals surface area contributed by atoms with Crippen LogP contribution in [0.3, 0.4) is 0 Å². The molecule has 0 unspecified atom stereocenters. The van der Waals surface area contributed by atoms with Gasteiger partial charge in [0, 0.05) is 5.69 Å². The lowest BCUT2D eigenvalue weighted by atomic mass is 10.2. The van der Waals surface area contributed by atoms with Crippen LogP contribution >= 0.6 is 11.8 Å². The number of anilines is 1. The number of ether oxygens (including phenoxy) is 1. The molecule has 2 rings (SSSR count). The zero-order valence-corrected chi connectivity index (χ0v) is 15.3. The molecule has 0 spiro atoms. The van der Waals surface area contributed by atoms with E-state index in [-0.39, 0.29) is 29.0 Å². The number of carbonyl (C=O) groups excluding carboxylic acids is 3. The number of nitrogens with one attached hydrogen (secondary N) is 1. The molecule has 0 bridgehead atoms. The summed E-state index contributed by atoms with van der Waals surface area (Å²) in [5.41, 5.74) is -0.672. The van der Waals surface area contributed by atoms with Crippen LogP contribution in [0, 0.1) is 0 Å². The Bertz CT molecular complexity index is 762. The van der Waals surface area contributed by atoms with Crippen LogP contribution in [0.25, 0.3) is 0 Å². The first kappa shape index (κ1) is 20.8. The number of rotatable bonds is 5. The second-order valence-electron chi connectivity index (χ2n) is 5.53. The third-order valence-corrected chi connectivity index (χ3v) is 4.63. The fourth-order valence-corrected chi connectivity index (χ4v) is 3.30. The van der Waals surface area contributed by atoms with Crippen LogP contribution in [0.15, 0.2) is 35.4 Å². The van der Waals surface area contributed by atoms with E-state index < -0.39 is 29.7 Å². The zero-order valence-electron chi connectivity index (χ0n) is 14.5. The van der Waals surface area contributed by atoms with Crippen molar-refractivity contribution in [3.63, 3.8) is 0 Å². The smallest absolute Gasteiger partial charge is 0.416 e. The molecule has 0 aliphatic carbocycles. The van der Waals surface area contributed by atoms with Crippen LogP contribution in [-0.2, 0) is 25.3 Å². The van der Waals surface area contributed by atoms with Gasteiger partial charge >= 0.3 is 12.1 Å². The molecule has 10 heteroatoms. The average molecular weight is 402 g/mol. The van der Waals surface area contributed by atoms with Gasteiger partial charge in [-0.15, -0.1) is 0 Å². The fraction of sp³-hybridized carbons (Fsp3) is 0.353. The van der Waals surface area contributed by atoms with Gasteiger partial charge in [-0.05, 0) is 38.1 Å². The summed E-state index contributed by atoms with van der Waals surface area (Å²) in [6.45, 7) is 3.27. The third-order valence-electron chi connectivity index (χ3n) is 3.62. The van der Waals surface area contributed by atoms with Gasteiger partial charge in [0.2, 0.25) is 11.8 Å². The van der Waals surface area contributed by atoms with Crippen molar-refractivity contribution >= 4 is 35.2 Å². The fourth-order valence-electron chi connectivity index (χ4n) is 2.31. The van der Waals surface area contributed by atoms with Gasteiger partial charge < -0.3 is 10.1 Å². The van der Waals surface area contributed by atoms with Gasteiger partial charge in [0.05, 0.1) is 29.0 Å². The summed E-state index contributed by atoms with van der Waals surface area (Å²) in [5, 5.41) is 2.75. The number of amides is 2. The van der Waals surface area contributed by atoms with Crippen molar-refractivity contribution < 1.29 is 32.3 Å². The Kier molecular flexibility index (Phi) is 6.53. The molecule has 1 atom stereocenters. The standard InChI is InChI=1S/C17H17F3N2O4S/c1-3-26-15(24)8-14-22(13(23)9-27-14)10(2)16(25)21-12-6-4-11(5-7-12)17(18,19)20/h4-8,10H,3,9H2,1-2H3,(H,21,25)/b14-8-/t10-/m1/s1. The van der Waals surface area contributed by atoms with E-state index in [9.17, 15) is 27.6 Å². The highest BCUT2D eigenvalue weighted by molar-refractivity contribution is 8.04. The SMILES string of the molecule is CCOC(=O)/C=C1\SCC(=O)N1[C@H](C)C(=O)Nc1ccc(C(F)(F)F)cc1. The number of carbonyl (C=O) groups is 3. The molecule has 1 heterocycles. The average Bonchev–Trinajstić information content (AvgIpc) is 2.94. The predicted molar refractivity (Wildman–Crippen MR) is 93.6 cm³/mol. The van der Waals surface area contributed by atoms with Crippen LogP contribution < -0.4 is 5.32 Å². The number of nitrogens with zero attached hydrogens (tertiary/aromatic N) is 1. The van der Waals surface area contributed by atoms with Crippen LogP contribution in [0.1, 0.15) is 19.4 Å². The van der Waals surface area contributed by atoms with Gasteiger partial charge in [0.15, 0.2) is 0 Å². The first-order chi connectivity index (χ1) is 12.6. The Morgan fingerprint density at radius 1 is 1.33 bits per heavy atom. The zero-order chi connectivity index (χ0) is 20.2. The molecule has 0 saturated carbocycles. The number of esters is 1. The maximum absolute atomic E-state index is 12.6. The van der Waals surface area contributed by atoms with Gasteiger partial charge in [0.25, 0.3) is 0 Å². The molecular weight excluding hydrogens is 385 g/mol. The van der Waals surface area contributed by atoms with Crippen molar-refractivity contribution in [2.45, 2.75) is 26.1 Å². The normalized spacial score (nSPS) is 17.1. The molecule has 1 aliphatic heterocycles.